The highest BCUT2D eigenvalue weighted by Crippen LogP contribution is 2.30. The zero-order chi connectivity index (χ0) is 23.6. The molecule has 0 aliphatic rings. The first-order valence-electron chi connectivity index (χ1n) is 9.45. The van der Waals surface area contributed by atoms with Crippen LogP contribution in [-0.2, 0) is 12.6 Å². The number of rotatable bonds is 6. The number of hydrogen-bond donors (Lipinski definition) is 3. The molecule has 8 nitrogen and oxygen atoms in total. The second-order valence-corrected chi connectivity index (χ2v) is 6.87. The van der Waals surface area contributed by atoms with Crippen LogP contribution in [0.25, 0.3) is 22.4 Å². The number of hydrogen-bond acceptors (Lipinski definition) is 4. The molecular weight excluding hydrogens is 442 g/mol. The zero-order valence-electron chi connectivity index (χ0n) is 16.8. The smallest absolute Gasteiger partial charge is 0.361 e. The molecule has 0 fully saturated rings. The Bertz CT molecular complexity index is 1320. The van der Waals surface area contributed by atoms with Gasteiger partial charge in [-0.05, 0) is 23.2 Å². The van der Waals surface area contributed by atoms with E-state index < -0.39 is 17.8 Å². The average molecular weight is 458 g/mol. The fourth-order valence-electron chi connectivity index (χ4n) is 3.17. The summed E-state index contributed by atoms with van der Waals surface area (Å²) in [5, 5.41) is 9.22. The Morgan fingerprint density at radius 1 is 1.15 bits per heavy atom. The molecular formula is C21H16F4N7O+. The number of benzene rings is 1. The molecule has 0 radical (unpaired) electrons. The number of nitrogens with zero attached hydrogens (tertiary/aromatic N) is 4. The number of aromatic amines is 1. The third kappa shape index (κ3) is 4.63. The number of amidine groups is 1. The second-order valence-electron chi connectivity index (χ2n) is 6.87. The van der Waals surface area contributed by atoms with E-state index >= 15 is 0 Å². The maximum Gasteiger partial charge on any atom is 0.451 e. The summed E-state index contributed by atoms with van der Waals surface area (Å²) in [4.78, 5) is 13.6. The number of nitrogens with two attached hydrogens (primary N) is 2. The van der Waals surface area contributed by atoms with E-state index in [1.165, 1.54) is 6.07 Å². The minimum atomic E-state index is -4.66. The Labute approximate surface area is 183 Å². The van der Waals surface area contributed by atoms with Crippen molar-refractivity contribution in [2.24, 2.45) is 10.7 Å². The van der Waals surface area contributed by atoms with Gasteiger partial charge in [-0.3, -0.25) is 5.41 Å². The van der Waals surface area contributed by atoms with E-state index in [0.29, 0.717) is 28.4 Å². The molecule has 5 N–H and O–H groups in total. The molecule has 0 bridgehead atoms. The van der Waals surface area contributed by atoms with Gasteiger partial charge in [0.25, 0.3) is 12.2 Å². The quantitative estimate of drug-likeness (QED) is 0.232. The van der Waals surface area contributed by atoms with Crippen LogP contribution in [0.3, 0.4) is 0 Å². The van der Waals surface area contributed by atoms with E-state index in [1.54, 1.807) is 30.3 Å². The van der Waals surface area contributed by atoms with Crippen LogP contribution >= 0.6 is 0 Å². The zero-order valence-corrected chi connectivity index (χ0v) is 16.8. The summed E-state index contributed by atoms with van der Waals surface area (Å²) in [5.74, 6) is -1.28. The van der Waals surface area contributed by atoms with Crippen molar-refractivity contribution < 1.29 is 27.5 Å². The van der Waals surface area contributed by atoms with Gasteiger partial charge >= 0.3 is 6.18 Å². The van der Waals surface area contributed by atoms with Crippen molar-refractivity contribution in [1.82, 2.24) is 20.1 Å². The summed E-state index contributed by atoms with van der Waals surface area (Å²) in [6, 6.07) is 9.37. The fraction of sp³-hybridized carbons (Fsp3) is 0.0952. The van der Waals surface area contributed by atoms with Crippen LogP contribution in [0.15, 0.2) is 58.3 Å². The van der Waals surface area contributed by atoms with Crippen LogP contribution in [0.1, 0.15) is 23.0 Å². The highest BCUT2D eigenvalue weighted by Gasteiger charge is 2.34. The van der Waals surface area contributed by atoms with E-state index in [0.717, 1.165) is 18.7 Å². The van der Waals surface area contributed by atoms with E-state index in [9.17, 15) is 17.6 Å². The molecule has 3 aromatic heterocycles. The topological polar surface area (TPSA) is 132 Å². The Kier molecular flexibility index (Phi) is 5.73. The van der Waals surface area contributed by atoms with Gasteiger partial charge in [0.2, 0.25) is 5.82 Å². The lowest BCUT2D eigenvalue weighted by Gasteiger charge is -2.05. The van der Waals surface area contributed by atoms with Gasteiger partial charge in [-0.25, -0.2) is 14.4 Å². The Hall–Kier alpha value is -4.35. The Morgan fingerprint density at radius 3 is 2.55 bits per heavy atom. The fourth-order valence-corrected chi connectivity index (χ4v) is 3.17. The van der Waals surface area contributed by atoms with Gasteiger partial charge in [-0.15, -0.1) is 0 Å². The Morgan fingerprint density at radius 2 is 1.88 bits per heavy atom. The lowest BCUT2D eigenvalue weighted by molar-refractivity contribution is -0.145. The van der Waals surface area contributed by atoms with Crippen LogP contribution in [0.2, 0.25) is 0 Å². The first-order chi connectivity index (χ1) is 15.8. The molecule has 4 rings (SSSR count). The van der Waals surface area contributed by atoms with Crippen molar-refractivity contribution in [2.45, 2.75) is 12.6 Å². The minimum Gasteiger partial charge on any atom is -0.361 e. The van der Waals surface area contributed by atoms with Gasteiger partial charge in [0.05, 0.1) is 0 Å². The number of H-pyrrole nitrogens is 1. The minimum absolute atomic E-state index is 0.00302. The summed E-state index contributed by atoms with van der Waals surface area (Å²) in [5.41, 5.74) is 8.14. The molecule has 3 heterocycles. The van der Waals surface area contributed by atoms with Gasteiger partial charge in [-0.1, -0.05) is 17.3 Å². The van der Waals surface area contributed by atoms with Crippen LogP contribution in [0.5, 0.6) is 0 Å². The number of alkyl halides is 3. The summed E-state index contributed by atoms with van der Waals surface area (Å²) in [6.45, 7) is 0. The molecule has 12 heteroatoms. The van der Waals surface area contributed by atoms with Gasteiger partial charge in [0, 0.05) is 47.3 Å². The molecule has 168 valence electrons. The van der Waals surface area contributed by atoms with Gasteiger partial charge in [-0.2, -0.15) is 13.2 Å². The summed E-state index contributed by atoms with van der Waals surface area (Å²) >= 11 is 0. The molecule has 0 unspecified atom stereocenters. The number of aliphatic imine (C=N–C) groups is 1. The molecule has 0 aliphatic carbocycles. The average Bonchev–Trinajstić information content (AvgIpc) is 3.41. The standard InChI is InChI=1S/C21H15F4N7O/c22-16-4-2-1-3-14(16)17-7-13(33-32-17)5-12-6-15(18(31-12)19(27)30-10-26)11-8-28-20(29-9-11)21(23,24)25/h1-4,6-10,31H,5H2,(H3,26,27,30)/p+1. The van der Waals surface area contributed by atoms with Crippen molar-refractivity contribution in [1.29, 1.82) is 0 Å². The third-order valence-corrected chi connectivity index (χ3v) is 4.63. The van der Waals surface area contributed by atoms with Crippen molar-refractivity contribution in [3.05, 3.63) is 77.6 Å². The molecule has 1 aromatic carbocycles. The number of nitrogens with one attached hydrogen (secondary N) is 1. The van der Waals surface area contributed by atoms with Crippen molar-refractivity contribution in [3.63, 3.8) is 0 Å². The second kappa shape index (κ2) is 8.65. The van der Waals surface area contributed by atoms with E-state index in [-0.39, 0.29) is 23.4 Å². The maximum atomic E-state index is 14.0. The number of halogens is 4. The van der Waals surface area contributed by atoms with E-state index in [2.05, 4.69) is 25.1 Å². The molecule has 0 spiro atoms. The van der Waals surface area contributed by atoms with Crippen molar-refractivity contribution in [3.8, 4) is 22.4 Å². The molecule has 4 aromatic rings. The molecule has 0 atom stereocenters. The maximum absolute atomic E-state index is 14.0. The normalized spacial score (nSPS) is 12.2. The van der Waals surface area contributed by atoms with E-state index in [4.69, 9.17) is 15.7 Å². The summed E-state index contributed by atoms with van der Waals surface area (Å²) in [7, 11) is 0. The lowest BCUT2D eigenvalue weighted by atomic mass is 10.1. The summed E-state index contributed by atoms with van der Waals surface area (Å²) in [6.07, 6.45) is -1.40. The number of aromatic nitrogens is 4. The largest absolute Gasteiger partial charge is 0.451 e. The molecule has 33 heavy (non-hydrogen) atoms. The van der Waals surface area contributed by atoms with Crippen molar-refractivity contribution >= 4 is 12.2 Å². The van der Waals surface area contributed by atoms with E-state index in [1.807, 2.05) is 0 Å². The molecule has 0 amide bonds. The monoisotopic (exact) mass is 458 g/mol. The van der Waals surface area contributed by atoms with Crippen LogP contribution in [0, 0.1) is 5.82 Å². The predicted molar refractivity (Wildman–Crippen MR) is 110 cm³/mol. The molecule has 0 saturated heterocycles. The van der Waals surface area contributed by atoms with Crippen LogP contribution < -0.4 is 11.1 Å². The lowest BCUT2D eigenvalue weighted by Crippen LogP contribution is -2.30. The summed E-state index contributed by atoms with van der Waals surface area (Å²) < 4.78 is 57.7. The Balaban J connectivity index is 1.67. The van der Waals surface area contributed by atoms with Gasteiger partial charge < -0.3 is 15.2 Å². The molecule has 0 saturated carbocycles. The first kappa shape index (κ1) is 21.9. The molecule has 0 aliphatic heterocycles. The third-order valence-electron chi connectivity index (χ3n) is 4.63. The van der Waals surface area contributed by atoms with Gasteiger partial charge in [0.15, 0.2) is 0 Å². The van der Waals surface area contributed by atoms with Crippen LogP contribution in [0.4, 0.5) is 17.6 Å². The van der Waals surface area contributed by atoms with Crippen LogP contribution in [-0.4, -0.2) is 32.3 Å². The van der Waals surface area contributed by atoms with Gasteiger partial charge in [0.1, 0.15) is 23.0 Å². The predicted octanol–water partition coefficient (Wildman–Crippen LogP) is 2.37. The van der Waals surface area contributed by atoms with Crippen molar-refractivity contribution in [2.75, 3.05) is 0 Å². The SMILES string of the molecule is NC(=NC=[NH2+])c1[nH]c(Cc2cc(-c3ccccc3F)no2)cc1-c1cnc(C(F)(F)F)nc1. The highest BCUT2D eigenvalue weighted by atomic mass is 19.4. The highest BCUT2D eigenvalue weighted by molar-refractivity contribution is 6.04. The first-order valence-corrected chi connectivity index (χ1v) is 9.45.